The van der Waals surface area contributed by atoms with Gasteiger partial charge in [0.1, 0.15) is 5.75 Å². The smallest absolute Gasteiger partial charge is 0.339 e. The summed E-state index contributed by atoms with van der Waals surface area (Å²) < 4.78 is 14.6. The number of hydrogen-bond donors (Lipinski definition) is 2. The first-order valence-corrected chi connectivity index (χ1v) is 7.92. The van der Waals surface area contributed by atoms with Crippen LogP contribution in [0.4, 0.5) is 11.4 Å². The largest absolute Gasteiger partial charge is 0.497 e. The molecule has 0 aliphatic carbocycles. The van der Waals surface area contributed by atoms with Gasteiger partial charge in [0.05, 0.1) is 38.1 Å². The third-order valence-corrected chi connectivity index (χ3v) is 3.65. The molecule has 0 bridgehead atoms. The molecule has 26 heavy (non-hydrogen) atoms. The Bertz CT molecular complexity index is 821. The fourth-order valence-corrected chi connectivity index (χ4v) is 2.37. The predicted octanol–water partition coefficient (Wildman–Crippen LogP) is 3.08. The van der Waals surface area contributed by atoms with Gasteiger partial charge >= 0.3 is 11.9 Å². The van der Waals surface area contributed by atoms with Crippen LogP contribution in [0.3, 0.4) is 0 Å². The lowest BCUT2D eigenvalue weighted by molar-refractivity contribution is 0.0587. The molecule has 0 radical (unpaired) electrons. The predicted molar refractivity (Wildman–Crippen MR) is 102 cm³/mol. The van der Waals surface area contributed by atoms with Crippen LogP contribution in [0.2, 0.25) is 0 Å². The second-order valence-corrected chi connectivity index (χ2v) is 5.46. The summed E-state index contributed by atoms with van der Waals surface area (Å²) in [6.07, 6.45) is 0. The Balaban J connectivity index is 2.22. The van der Waals surface area contributed by atoms with Crippen molar-refractivity contribution in [2.24, 2.45) is 0 Å². The van der Waals surface area contributed by atoms with Gasteiger partial charge in [-0.05, 0) is 54.7 Å². The highest BCUT2D eigenvalue weighted by Gasteiger charge is 2.16. The zero-order chi connectivity index (χ0) is 19.1. The Morgan fingerprint density at radius 2 is 1.54 bits per heavy atom. The van der Waals surface area contributed by atoms with E-state index in [9.17, 15) is 9.59 Å². The van der Waals surface area contributed by atoms with Crippen molar-refractivity contribution in [1.82, 2.24) is 0 Å². The van der Waals surface area contributed by atoms with Crippen molar-refractivity contribution in [2.75, 3.05) is 32.0 Å². The molecule has 2 aromatic carbocycles. The third-order valence-electron chi connectivity index (χ3n) is 3.44. The van der Waals surface area contributed by atoms with E-state index in [0.717, 1.165) is 5.69 Å². The summed E-state index contributed by atoms with van der Waals surface area (Å²) in [5.74, 6) is -0.372. The van der Waals surface area contributed by atoms with E-state index < -0.39 is 11.9 Å². The van der Waals surface area contributed by atoms with Gasteiger partial charge in [-0.25, -0.2) is 9.59 Å². The van der Waals surface area contributed by atoms with Gasteiger partial charge in [0.2, 0.25) is 0 Å². The average molecular weight is 374 g/mol. The molecule has 2 N–H and O–H groups in total. The van der Waals surface area contributed by atoms with Gasteiger partial charge in [0.15, 0.2) is 5.11 Å². The zero-order valence-corrected chi connectivity index (χ0v) is 15.3. The maximum Gasteiger partial charge on any atom is 0.339 e. The van der Waals surface area contributed by atoms with Gasteiger partial charge in [0.25, 0.3) is 0 Å². The fourth-order valence-electron chi connectivity index (χ4n) is 2.14. The summed E-state index contributed by atoms with van der Waals surface area (Å²) in [7, 11) is 4.13. The summed E-state index contributed by atoms with van der Waals surface area (Å²) in [5, 5.41) is 6.13. The molecule has 0 aromatic heterocycles. The van der Waals surface area contributed by atoms with E-state index >= 15 is 0 Å². The van der Waals surface area contributed by atoms with Crippen molar-refractivity contribution in [3.63, 3.8) is 0 Å². The topological polar surface area (TPSA) is 85.9 Å². The molecular formula is C18H18N2O5S. The molecule has 0 saturated heterocycles. The molecule has 0 amide bonds. The minimum atomic E-state index is -0.559. The normalized spacial score (nSPS) is 9.81. The van der Waals surface area contributed by atoms with Crippen molar-refractivity contribution in [2.45, 2.75) is 0 Å². The van der Waals surface area contributed by atoms with Crippen molar-refractivity contribution < 1.29 is 23.8 Å². The maximum atomic E-state index is 11.9. The van der Waals surface area contributed by atoms with Crippen LogP contribution in [0.1, 0.15) is 20.7 Å². The Hall–Kier alpha value is -3.13. The number of esters is 2. The Kier molecular flexibility index (Phi) is 6.51. The van der Waals surface area contributed by atoms with E-state index in [0.29, 0.717) is 11.4 Å². The molecule has 136 valence electrons. The number of thiocarbonyl (C=S) groups is 1. The van der Waals surface area contributed by atoms with Crippen LogP contribution in [-0.4, -0.2) is 38.4 Å². The van der Waals surface area contributed by atoms with Crippen molar-refractivity contribution in [1.29, 1.82) is 0 Å². The molecular weight excluding hydrogens is 356 g/mol. The van der Waals surface area contributed by atoms with Crippen LogP contribution in [0.5, 0.6) is 5.75 Å². The molecule has 7 nitrogen and oxygen atoms in total. The van der Waals surface area contributed by atoms with Crippen molar-refractivity contribution in [3.05, 3.63) is 53.6 Å². The van der Waals surface area contributed by atoms with Crippen molar-refractivity contribution in [3.8, 4) is 5.75 Å². The van der Waals surface area contributed by atoms with Gasteiger partial charge in [-0.15, -0.1) is 0 Å². The highest BCUT2D eigenvalue weighted by molar-refractivity contribution is 7.80. The Morgan fingerprint density at radius 3 is 2.12 bits per heavy atom. The minimum Gasteiger partial charge on any atom is -0.497 e. The minimum absolute atomic E-state index is 0.235. The SMILES string of the molecule is COC(=O)c1ccc(C(=O)OC)c(NC(=S)Nc2ccc(OC)cc2)c1. The monoisotopic (exact) mass is 374 g/mol. The highest BCUT2D eigenvalue weighted by Crippen LogP contribution is 2.21. The van der Waals surface area contributed by atoms with E-state index in [2.05, 4.69) is 10.6 Å². The average Bonchev–Trinajstić information content (AvgIpc) is 2.67. The standard InChI is InChI=1S/C18H18N2O5S/c1-23-13-7-5-12(6-8-13)19-18(26)20-15-10-11(16(21)24-2)4-9-14(15)17(22)25-3/h4-10H,1-3H3,(H2,19,20,26). The molecule has 0 heterocycles. The van der Waals surface area contributed by atoms with Crippen molar-refractivity contribution >= 4 is 40.6 Å². The van der Waals surface area contributed by atoms with Gasteiger partial charge < -0.3 is 24.8 Å². The molecule has 0 saturated carbocycles. The molecule has 0 aliphatic heterocycles. The first kappa shape index (κ1) is 19.2. The van der Waals surface area contributed by atoms with Crippen LogP contribution in [0, 0.1) is 0 Å². The fraction of sp³-hybridized carbons (Fsp3) is 0.167. The zero-order valence-electron chi connectivity index (χ0n) is 14.5. The lowest BCUT2D eigenvalue weighted by Crippen LogP contribution is -2.21. The number of nitrogens with one attached hydrogen (secondary N) is 2. The highest BCUT2D eigenvalue weighted by atomic mass is 32.1. The molecule has 0 spiro atoms. The number of carbonyl (C=O) groups excluding carboxylic acids is 2. The summed E-state index contributed by atoms with van der Waals surface area (Å²) in [6, 6.07) is 11.6. The third kappa shape index (κ3) is 4.70. The first-order valence-electron chi connectivity index (χ1n) is 7.51. The molecule has 0 unspecified atom stereocenters. The second kappa shape index (κ2) is 8.82. The molecule has 0 aliphatic rings. The summed E-state index contributed by atoms with van der Waals surface area (Å²) in [5.41, 5.74) is 1.56. The van der Waals surface area contributed by atoms with Gasteiger partial charge in [0, 0.05) is 5.69 Å². The number of carbonyl (C=O) groups is 2. The van der Waals surface area contributed by atoms with Crippen LogP contribution in [0.25, 0.3) is 0 Å². The van der Waals surface area contributed by atoms with E-state index in [1.165, 1.54) is 32.4 Å². The van der Waals surface area contributed by atoms with Crippen LogP contribution in [0.15, 0.2) is 42.5 Å². The van der Waals surface area contributed by atoms with E-state index in [-0.39, 0.29) is 16.2 Å². The number of anilines is 2. The number of ether oxygens (including phenoxy) is 3. The number of methoxy groups -OCH3 is 3. The Morgan fingerprint density at radius 1 is 0.885 bits per heavy atom. The first-order chi connectivity index (χ1) is 12.5. The second-order valence-electron chi connectivity index (χ2n) is 5.05. The van der Waals surface area contributed by atoms with E-state index in [4.69, 9.17) is 26.4 Å². The molecule has 2 rings (SSSR count). The number of rotatable bonds is 5. The number of benzene rings is 2. The summed E-state index contributed by atoms with van der Waals surface area (Å²) in [4.78, 5) is 23.7. The maximum absolute atomic E-state index is 11.9. The lowest BCUT2D eigenvalue weighted by atomic mass is 10.1. The number of hydrogen-bond acceptors (Lipinski definition) is 6. The molecule has 0 atom stereocenters. The van der Waals surface area contributed by atoms with Gasteiger partial charge in [-0.3, -0.25) is 0 Å². The van der Waals surface area contributed by atoms with Crippen LogP contribution < -0.4 is 15.4 Å². The molecule has 2 aromatic rings. The molecule has 8 heteroatoms. The Labute approximate surface area is 156 Å². The van der Waals surface area contributed by atoms with Crippen LogP contribution in [-0.2, 0) is 9.47 Å². The van der Waals surface area contributed by atoms with E-state index in [1.807, 2.05) is 0 Å². The summed E-state index contributed by atoms with van der Waals surface area (Å²) in [6.45, 7) is 0. The van der Waals surface area contributed by atoms with E-state index in [1.54, 1.807) is 31.4 Å². The van der Waals surface area contributed by atoms with Crippen LogP contribution >= 0.6 is 12.2 Å². The molecule has 0 fully saturated rings. The van der Waals surface area contributed by atoms with Gasteiger partial charge in [-0.2, -0.15) is 0 Å². The summed E-state index contributed by atoms with van der Waals surface area (Å²) >= 11 is 5.28. The quantitative estimate of drug-likeness (QED) is 0.610. The van der Waals surface area contributed by atoms with Gasteiger partial charge in [-0.1, -0.05) is 0 Å². The lowest BCUT2D eigenvalue weighted by Gasteiger charge is -2.14.